The molecular formula is C22H35N5O5. The van der Waals surface area contributed by atoms with E-state index < -0.39 is 0 Å². The maximum absolute atomic E-state index is 12.8. The normalized spacial score (nSPS) is 24.5. The Hall–Kier alpha value is -2.46. The fourth-order valence-corrected chi connectivity index (χ4v) is 4.46. The van der Waals surface area contributed by atoms with Gasteiger partial charge in [0, 0.05) is 50.5 Å². The lowest BCUT2D eigenvalue weighted by Crippen LogP contribution is -2.45. The second-order valence-electron chi connectivity index (χ2n) is 8.86. The van der Waals surface area contributed by atoms with Gasteiger partial charge in [0.15, 0.2) is 0 Å². The van der Waals surface area contributed by atoms with Gasteiger partial charge in [-0.3, -0.25) is 24.0 Å². The number of morpholine rings is 1. The fraction of sp³-hybridized carbons (Fsp3) is 0.727. The quantitative estimate of drug-likeness (QED) is 0.493. The van der Waals surface area contributed by atoms with Gasteiger partial charge in [-0.25, -0.2) is 0 Å². The van der Waals surface area contributed by atoms with Crippen molar-refractivity contribution in [3.63, 3.8) is 0 Å². The molecule has 3 aliphatic rings. The molecule has 0 radical (unpaired) electrons. The minimum absolute atomic E-state index is 0.0757. The Morgan fingerprint density at radius 3 is 2.47 bits per heavy atom. The highest BCUT2D eigenvalue weighted by atomic mass is 16.5. The molecule has 10 nitrogen and oxygen atoms in total. The average molecular weight is 450 g/mol. The Bertz CT molecular complexity index is 723. The topological polar surface area (TPSA) is 126 Å². The van der Waals surface area contributed by atoms with E-state index in [0.29, 0.717) is 13.1 Å². The summed E-state index contributed by atoms with van der Waals surface area (Å²) < 4.78 is 7.20. The molecule has 0 unspecified atom stereocenters. The molecule has 0 spiro atoms. The lowest BCUT2D eigenvalue weighted by atomic mass is 9.85. The highest BCUT2D eigenvalue weighted by Gasteiger charge is 2.50. The third-order valence-corrected chi connectivity index (χ3v) is 6.62. The van der Waals surface area contributed by atoms with Gasteiger partial charge in [0.05, 0.1) is 25.2 Å². The number of carbonyl (C=O) groups is 3. The molecule has 1 aromatic rings. The molecule has 2 amide bonds. The van der Waals surface area contributed by atoms with E-state index >= 15 is 0 Å². The first-order valence-electron chi connectivity index (χ1n) is 11.5. The molecule has 3 N–H and O–H groups in total. The van der Waals surface area contributed by atoms with Crippen LogP contribution in [-0.2, 0) is 25.7 Å². The SMILES string of the molecule is O=C(NCCN1CCOCC1)C1CCC(NC(=O)C2(Cn3cccn3)CC2)CC1.O=CO. The number of nitrogens with one attached hydrogen (secondary N) is 2. The Labute approximate surface area is 188 Å². The second-order valence-corrected chi connectivity index (χ2v) is 8.86. The molecule has 1 aromatic heterocycles. The Morgan fingerprint density at radius 1 is 1.19 bits per heavy atom. The van der Waals surface area contributed by atoms with Gasteiger partial charge in [-0.05, 0) is 44.6 Å². The minimum atomic E-state index is -0.278. The number of hydrogen-bond donors (Lipinski definition) is 3. The molecule has 32 heavy (non-hydrogen) atoms. The van der Waals surface area contributed by atoms with Gasteiger partial charge in [0.1, 0.15) is 0 Å². The number of hydrogen-bond acceptors (Lipinski definition) is 6. The zero-order valence-electron chi connectivity index (χ0n) is 18.6. The standard InChI is InChI=1S/C21H33N5O3.CH2O2/c27-19(22-9-11-25-12-14-29-15-13-25)17-2-4-18(5-3-17)24-20(28)21(6-7-21)16-26-10-1-8-23-26;2-1-3/h1,8,10,17-18H,2-7,9,11-16H2,(H,22,27)(H,24,28);1H,(H,2,3). The molecule has 4 rings (SSSR count). The molecule has 2 heterocycles. The predicted molar refractivity (Wildman–Crippen MR) is 117 cm³/mol. The molecule has 0 atom stereocenters. The summed E-state index contributed by atoms with van der Waals surface area (Å²) in [5, 5.41) is 17.5. The van der Waals surface area contributed by atoms with E-state index in [1.165, 1.54) is 0 Å². The van der Waals surface area contributed by atoms with Crippen LogP contribution >= 0.6 is 0 Å². The van der Waals surface area contributed by atoms with Gasteiger partial charge in [0.25, 0.3) is 6.47 Å². The molecule has 1 saturated heterocycles. The van der Waals surface area contributed by atoms with Gasteiger partial charge in [-0.15, -0.1) is 0 Å². The van der Waals surface area contributed by atoms with E-state index in [4.69, 9.17) is 14.6 Å². The van der Waals surface area contributed by atoms with Crippen LogP contribution in [-0.4, -0.2) is 83.5 Å². The maximum Gasteiger partial charge on any atom is 0.290 e. The number of rotatable bonds is 8. The lowest BCUT2D eigenvalue weighted by Gasteiger charge is -2.30. The Balaban J connectivity index is 0.000000913. The molecule has 1 aliphatic heterocycles. The summed E-state index contributed by atoms with van der Waals surface area (Å²) in [4.78, 5) is 35.9. The van der Waals surface area contributed by atoms with Crippen LogP contribution in [0.5, 0.6) is 0 Å². The monoisotopic (exact) mass is 449 g/mol. The zero-order chi connectivity index (χ0) is 22.8. The highest BCUT2D eigenvalue weighted by molar-refractivity contribution is 5.85. The molecule has 0 aromatic carbocycles. The van der Waals surface area contributed by atoms with E-state index in [1.807, 2.05) is 16.9 Å². The summed E-state index contributed by atoms with van der Waals surface area (Å²) in [5.41, 5.74) is -0.278. The third kappa shape index (κ3) is 7.03. The summed E-state index contributed by atoms with van der Waals surface area (Å²) in [5.74, 6) is 0.401. The highest BCUT2D eigenvalue weighted by Crippen LogP contribution is 2.47. The van der Waals surface area contributed by atoms with Crippen molar-refractivity contribution in [2.45, 2.75) is 51.1 Å². The molecular weight excluding hydrogens is 414 g/mol. The van der Waals surface area contributed by atoms with Crippen LogP contribution in [0.1, 0.15) is 38.5 Å². The first-order valence-corrected chi connectivity index (χ1v) is 11.5. The van der Waals surface area contributed by atoms with E-state index in [1.54, 1.807) is 6.20 Å². The lowest BCUT2D eigenvalue weighted by molar-refractivity contribution is -0.128. The smallest absolute Gasteiger partial charge is 0.290 e. The van der Waals surface area contributed by atoms with Crippen molar-refractivity contribution in [2.75, 3.05) is 39.4 Å². The van der Waals surface area contributed by atoms with Crippen molar-refractivity contribution >= 4 is 18.3 Å². The summed E-state index contributed by atoms with van der Waals surface area (Å²) in [6.45, 7) is 5.46. The van der Waals surface area contributed by atoms with Gasteiger partial charge in [0.2, 0.25) is 11.8 Å². The first-order chi connectivity index (χ1) is 15.6. The maximum atomic E-state index is 12.8. The van der Waals surface area contributed by atoms with Crippen LogP contribution in [0.2, 0.25) is 0 Å². The van der Waals surface area contributed by atoms with Crippen LogP contribution < -0.4 is 10.6 Å². The number of aromatic nitrogens is 2. The van der Waals surface area contributed by atoms with Crippen LogP contribution in [0, 0.1) is 11.3 Å². The van der Waals surface area contributed by atoms with Crippen LogP contribution in [0.3, 0.4) is 0 Å². The third-order valence-electron chi connectivity index (χ3n) is 6.62. The zero-order valence-corrected chi connectivity index (χ0v) is 18.6. The number of carboxylic acid groups (broad SMARTS) is 1. The van der Waals surface area contributed by atoms with Crippen molar-refractivity contribution in [3.05, 3.63) is 18.5 Å². The molecule has 0 bridgehead atoms. The van der Waals surface area contributed by atoms with E-state index in [9.17, 15) is 9.59 Å². The summed E-state index contributed by atoms with van der Waals surface area (Å²) in [6.07, 6.45) is 8.98. The first kappa shape index (κ1) is 24.2. The number of ether oxygens (including phenoxy) is 1. The Morgan fingerprint density at radius 2 is 1.88 bits per heavy atom. The van der Waals surface area contributed by atoms with Gasteiger partial charge < -0.3 is 20.5 Å². The van der Waals surface area contributed by atoms with Crippen molar-refractivity contribution in [1.29, 1.82) is 0 Å². The van der Waals surface area contributed by atoms with Crippen LogP contribution in [0.4, 0.5) is 0 Å². The summed E-state index contributed by atoms with van der Waals surface area (Å²) in [6, 6.07) is 2.08. The molecule has 178 valence electrons. The predicted octanol–water partition coefficient (Wildman–Crippen LogP) is 0.488. The summed E-state index contributed by atoms with van der Waals surface area (Å²) >= 11 is 0. The summed E-state index contributed by atoms with van der Waals surface area (Å²) in [7, 11) is 0. The fourth-order valence-electron chi connectivity index (χ4n) is 4.46. The van der Waals surface area contributed by atoms with Gasteiger partial charge >= 0.3 is 0 Å². The average Bonchev–Trinajstić information content (AvgIpc) is 3.41. The molecule has 10 heteroatoms. The van der Waals surface area contributed by atoms with Gasteiger partial charge in [-0.1, -0.05) is 0 Å². The van der Waals surface area contributed by atoms with Crippen molar-refractivity contribution < 1.29 is 24.2 Å². The van der Waals surface area contributed by atoms with Crippen molar-refractivity contribution in [2.24, 2.45) is 11.3 Å². The number of carbonyl (C=O) groups excluding carboxylic acids is 2. The van der Waals surface area contributed by atoms with E-state index in [2.05, 4.69) is 20.6 Å². The van der Waals surface area contributed by atoms with Crippen LogP contribution in [0.25, 0.3) is 0 Å². The number of nitrogens with zero attached hydrogens (tertiary/aromatic N) is 3. The number of amides is 2. The largest absolute Gasteiger partial charge is 0.483 e. The van der Waals surface area contributed by atoms with Gasteiger partial charge in [-0.2, -0.15) is 5.10 Å². The minimum Gasteiger partial charge on any atom is -0.483 e. The van der Waals surface area contributed by atoms with Crippen molar-refractivity contribution in [3.8, 4) is 0 Å². The Kier molecular flexibility index (Phi) is 9.04. The van der Waals surface area contributed by atoms with E-state index in [0.717, 1.165) is 71.4 Å². The van der Waals surface area contributed by atoms with Crippen LogP contribution in [0.15, 0.2) is 18.5 Å². The molecule has 2 saturated carbocycles. The van der Waals surface area contributed by atoms with Crippen molar-refractivity contribution in [1.82, 2.24) is 25.3 Å². The van der Waals surface area contributed by atoms with E-state index in [-0.39, 0.29) is 35.7 Å². The second kappa shape index (κ2) is 12.0. The molecule has 2 aliphatic carbocycles. The molecule has 3 fully saturated rings.